The van der Waals surface area contributed by atoms with Crippen LogP contribution in [0.15, 0.2) is 48.5 Å². The van der Waals surface area contributed by atoms with Gasteiger partial charge in [-0.2, -0.15) is 0 Å². The molecule has 2 rings (SSSR count). The number of aliphatic carboxylic acids is 1. The van der Waals surface area contributed by atoms with Gasteiger partial charge in [-0.3, -0.25) is 0 Å². The number of aromatic nitrogens is 1. The van der Waals surface area contributed by atoms with Gasteiger partial charge in [0.1, 0.15) is 0 Å². The third kappa shape index (κ3) is 2.85. The maximum atomic E-state index is 10.7. The van der Waals surface area contributed by atoms with Crippen molar-refractivity contribution in [1.29, 1.82) is 0 Å². The first-order valence-corrected chi connectivity index (χ1v) is 5.59. The van der Waals surface area contributed by atoms with Gasteiger partial charge in [-0.05, 0) is 13.0 Å². The number of benzene rings is 1. The monoisotopic (exact) mass is 243 g/mol. The Balaban J connectivity index is 2.23. The maximum Gasteiger partial charge on any atom is 0.344 e. The van der Waals surface area contributed by atoms with E-state index in [2.05, 4.69) is 4.98 Å². The Labute approximate surface area is 105 Å². The molecule has 1 N–H and O–H groups in total. The Morgan fingerprint density at radius 3 is 2.56 bits per heavy atom. The highest BCUT2D eigenvalue weighted by atomic mass is 16.5. The summed E-state index contributed by atoms with van der Waals surface area (Å²) in [5, 5.41) is 8.78. The molecule has 4 nitrogen and oxygen atoms in total. The van der Waals surface area contributed by atoms with Crippen molar-refractivity contribution in [2.24, 2.45) is 0 Å². The van der Waals surface area contributed by atoms with Crippen LogP contribution in [-0.4, -0.2) is 22.2 Å². The molecule has 2 aromatic rings. The molecule has 0 aliphatic carbocycles. The van der Waals surface area contributed by atoms with Crippen LogP contribution in [0.5, 0.6) is 5.88 Å². The van der Waals surface area contributed by atoms with Crippen molar-refractivity contribution >= 4 is 5.97 Å². The van der Waals surface area contributed by atoms with Crippen LogP contribution < -0.4 is 4.74 Å². The predicted octanol–water partition coefficient (Wildman–Crippen LogP) is 2.60. The SMILES string of the molecule is C[C@@H](Oc1cccc(-c2ccccc2)n1)C(=O)O. The Morgan fingerprint density at radius 1 is 1.17 bits per heavy atom. The lowest BCUT2D eigenvalue weighted by atomic mass is 10.1. The van der Waals surface area contributed by atoms with E-state index in [0.29, 0.717) is 5.88 Å². The number of carboxylic acids is 1. The number of ether oxygens (including phenoxy) is 1. The summed E-state index contributed by atoms with van der Waals surface area (Å²) in [5.41, 5.74) is 1.72. The number of nitrogens with zero attached hydrogens (tertiary/aromatic N) is 1. The predicted molar refractivity (Wildman–Crippen MR) is 67.4 cm³/mol. The quantitative estimate of drug-likeness (QED) is 0.896. The van der Waals surface area contributed by atoms with Gasteiger partial charge < -0.3 is 9.84 Å². The second-order valence-electron chi connectivity index (χ2n) is 3.83. The maximum absolute atomic E-state index is 10.7. The summed E-state index contributed by atoms with van der Waals surface area (Å²) in [4.78, 5) is 15.0. The first-order chi connectivity index (χ1) is 8.66. The fraction of sp³-hybridized carbons (Fsp3) is 0.143. The molecule has 0 spiro atoms. The second kappa shape index (κ2) is 5.31. The average molecular weight is 243 g/mol. The van der Waals surface area contributed by atoms with Gasteiger partial charge in [-0.1, -0.05) is 36.4 Å². The van der Waals surface area contributed by atoms with E-state index in [1.165, 1.54) is 6.92 Å². The average Bonchev–Trinajstić information content (AvgIpc) is 2.40. The molecule has 1 aromatic carbocycles. The molecule has 0 saturated heterocycles. The van der Waals surface area contributed by atoms with Gasteiger partial charge in [0.25, 0.3) is 0 Å². The summed E-state index contributed by atoms with van der Waals surface area (Å²) >= 11 is 0. The molecular formula is C14H13NO3. The zero-order valence-electron chi connectivity index (χ0n) is 9.91. The molecular weight excluding hydrogens is 230 g/mol. The fourth-order valence-electron chi connectivity index (χ4n) is 1.48. The van der Waals surface area contributed by atoms with Crippen molar-refractivity contribution in [3.63, 3.8) is 0 Å². The minimum Gasteiger partial charge on any atom is -0.479 e. The summed E-state index contributed by atoms with van der Waals surface area (Å²) < 4.78 is 5.23. The van der Waals surface area contributed by atoms with Crippen molar-refractivity contribution in [3.05, 3.63) is 48.5 Å². The molecule has 0 aliphatic rings. The molecule has 1 aromatic heterocycles. The van der Waals surface area contributed by atoms with Crippen LogP contribution >= 0.6 is 0 Å². The summed E-state index contributed by atoms with van der Waals surface area (Å²) in [5.74, 6) is -0.701. The minimum atomic E-state index is -1.01. The van der Waals surface area contributed by atoms with E-state index in [4.69, 9.17) is 9.84 Å². The van der Waals surface area contributed by atoms with Gasteiger partial charge in [-0.15, -0.1) is 0 Å². The molecule has 0 saturated carbocycles. The molecule has 1 heterocycles. The lowest BCUT2D eigenvalue weighted by Crippen LogP contribution is -2.23. The van der Waals surface area contributed by atoms with Crippen LogP contribution in [0.25, 0.3) is 11.3 Å². The van der Waals surface area contributed by atoms with Crippen molar-refractivity contribution in [3.8, 4) is 17.1 Å². The summed E-state index contributed by atoms with van der Waals surface area (Å²) in [6.45, 7) is 1.47. The van der Waals surface area contributed by atoms with E-state index in [0.717, 1.165) is 11.3 Å². The first-order valence-electron chi connectivity index (χ1n) is 5.59. The Bertz CT molecular complexity index is 540. The minimum absolute atomic E-state index is 0.311. The van der Waals surface area contributed by atoms with Crippen LogP contribution in [0.4, 0.5) is 0 Å². The molecule has 0 unspecified atom stereocenters. The number of hydrogen-bond acceptors (Lipinski definition) is 3. The van der Waals surface area contributed by atoms with Gasteiger partial charge >= 0.3 is 5.97 Å². The molecule has 92 valence electrons. The standard InChI is InChI=1S/C14H13NO3/c1-10(14(16)17)18-13-9-5-8-12(15-13)11-6-3-2-4-7-11/h2-10H,1H3,(H,16,17)/t10-/m1/s1. The number of carboxylic acid groups (broad SMARTS) is 1. The third-order valence-electron chi connectivity index (χ3n) is 2.44. The van der Waals surface area contributed by atoms with Crippen molar-refractivity contribution in [1.82, 2.24) is 4.98 Å². The Morgan fingerprint density at radius 2 is 1.89 bits per heavy atom. The van der Waals surface area contributed by atoms with Crippen molar-refractivity contribution in [2.45, 2.75) is 13.0 Å². The van der Waals surface area contributed by atoms with Gasteiger partial charge in [0, 0.05) is 11.6 Å². The van der Waals surface area contributed by atoms with Gasteiger partial charge in [0.2, 0.25) is 5.88 Å². The van der Waals surface area contributed by atoms with E-state index in [1.54, 1.807) is 12.1 Å². The molecule has 0 aliphatic heterocycles. The largest absolute Gasteiger partial charge is 0.479 e. The highest BCUT2D eigenvalue weighted by Crippen LogP contribution is 2.19. The summed E-state index contributed by atoms with van der Waals surface area (Å²) in [7, 11) is 0. The fourth-order valence-corrected chi connectivity index (χ4v) is 1.48. The third-order valence-corrected chi connectivity index (χ3v) is 2.44. The number of rotatable bonds is 4. The lowest BCUT2D eigenvalue weighted by molar-refractivity contribution is -0.144. The summed E-state index contributed by atoms with van der Waals surface area (Å²) in [6, 6.07) is 14.9. The zero-order valence-corrected chi connectivity index (χ0v) is 9.91. The second-order valence-corrected chi connectivity index (χ2v) is 3.83. The number of hydrogen-bond donors (Lipinski definition) is 1. The topological polar surface area (TPSA) is 59.4 Å². The highest BCUT2D eigenvalue weighted by molar-refractivity contribution is 5.72. The Kier molecular flexibility index (Phi) is 3.57. The van der Waals surface area contributed by atoms with Gasteiger partial charge in [-0.25, -0.2) is 9.78 Å². The van der Waals surface area contributed by atoms with Crippen molar-refractivity contribution in [2.75, 3.05) is 0 Å². The Hall–Kier alpha value is -2.36. The molecule has 0 radical (unpaired) electrons. The van der Waals surface area contributed by atoms with Gasteiger partial charge in [0.15, 0.2) is 6.10 Å². The van der Waals surface area contributed by atoms with Gasteiger partial charge in [0.05, 0.1) is 5.69 Å². The van der Waals surface area contributed by atoms with E-state index < -0.39 is 12.1 Å². The molecule has 0 fully saturated rings. The molecule has 1 atom stereocenters. The van der Waals surface area contributed by atoms with Crippen molar-refractivity contribution < 1.29 is 14.6 Å². The zero-order chi connectivity index (χ0) is 13.0. The smallest absolute Gasteiger partial charge is 0.344 e. The van der Waals surface area contributed by atoms with Crippen LogP contribution in [0.1, 0.15) is 6.92 Å². The normalized spacial score (nSPS) is 11.8. The lowest BCUT2D eigenvalue weighted by Gasteiger charge is -2.10. The molecule has 0 amide bonds. The van der Waals surface area contributed by atoms with Crippen LogP contribution in [0.3, 0.4) is 0 Å². The van der Waals surface area contributed by atoms with E-state index in [9.17, 15) is 4.79 Å². The first kappa shape index (κ1) is 12.1. The number of carbonyl (C=O) groups is 1. The molecule has 18 heavy (non-hydrogen) atoms. The van der Waals surface area contributed by atoms with E-state index in [-0.39, 0.29) is 0 Å². The van der Waals surface area contributed by atoms with Crippen LogP contribution in [0, 0.1) is 0 Å². The van der Waals surface area contributed by atoms with E-state index in [1.807, 2.05) is 36.4 Å². The highest BCUT2D eigenvalue weighted by Gasteiger charge is 2.13. The molecule has 0 bridgehead atoms. The number of pyridine rings is 1. The van der Waals surface area contributed by atoms with E-state index >= 15 is 0 Å². The molecule has 4 heteroatoms. The summed E-state index contributed by atoms with van der Waals surface area (Å²) in [6.07, 6.45) is -0.913. The van der Waals surface area contributed by atoms with Crippen LogP contribution in [0.2, 0.25) is 0 Å². The van der Waals surface area contributed by atoms with Crippen LogP contribution in [-0.2, 0) is 4.79 Å².